The van der Waals surface area contributed by atoms with Crippen LogP contribution in [0.15, 0.2) is 41.5 Å². The average Bonchev–Trinajstić information content (AvgIpc) is 3.37. The summed E-state index contributed by atoms with van der Waals surface area (Å²) in [4.78, 5) is 27.0. The number of ether oxygens (including phenoxy) is 1. The number of aromatic nitrogens is 5. The number of aryl methyl sites for hydroxylation is 2. The number of hydrogen-bond acceptors (Lipinski definition) is 7. The molecule has 4 unspecified atom stereocenters. The van der Waals surface area contributed by atoms with Gasteiger partial charge in [-0.3, -0.25) is 9.78 Å². The van der Waals surface area contributed by atoms with E-state index in [1.807, 2.05) is 31.0 Å². The second-order valence-corrected chi connectivity index (χ2v) is 11.2. The van der Waals surface area contributed by atoms with Gasteiger partial charge in [-0.15, -0.1) is 0 Å². The summed E-state index contributed by atoms with van der Waals surface area (Å²) >= 11 is 0. The van der Waals surface area contributed by atoms with Crippen LogP contribution in [-0.4, -0.2) is 56.6 Å². The summed E-state index contributed by atoms with van der Waals surface area (Å²) in [7, 11) is 4.00. The Kier molecular flexibility index (Phi) is 6.34. The van der Waals surface area contributed by atoms with Crippen molar-refractivity contribution in [3.63, 3.8) is 0 Å². The maximum atomic E-state index is 13.0. The molecule has 0 bridgehead atoms. The molecule has 2 fully saturated rings. The van der Waals surface area contributed by atoms with E-state index in [-0.39, 0.29) is 17.8 Å². The third-order valence-corrected chi connectivity index (χ3v) is 8.47. The van der Waals surface area contributed by atoms with Gasteiger partial charge in [-0.2, -0.15) is 5.10 Å². The molecule has 4 atom stereocenters. The Morgan fingerprint density at radius 1 is 1.13 bits per heavy atom. The van der Waals surface area contributed by atoms with E-state index < -0.39 is 0 Å². The van der Waals surface area contributed by atoms with Gasteiger partial charge in [0.25, 0.3) is 5.56 Å². The van der Waals surface area contributed by atoms with Gasteiger partial charge in [-0.05, 0) is 63.6 Å². The summed E-state index contributed by atoms with van der Waals surface area (Å²) in [6.45, 7) is 8.13. The normalized spacial score (nSPS) is 24.3. The molecule has 0 spiro atoms. The Morgan fingerprint density at radius 2 is 1.97 bits per heavy atom. The first kappa shape index (κ1) is 24.9. The number of pyridine rings is 1. The third-order valence-electron chi connectivity index (χ3n) is 8.47. The van der Waals surface area contributed by atoms with Gasteiger partial charge in [0, 0.05) is 57.3 Å². The van der Waals surface area contributed by atoms with Crippen LogP contribution in [-0.2, 0) is 11.8 Å². The summed E-state index contributed by atoms with van der Waals surface area (Å²) in [5, 5.41) is 4.98. The van der Waals surface area contributed by atoms with E-state index >= 15 is 0 Å². The van der Waals surface area contributed by atoms with Gasteiger partial charge in [0.1, 0.15) is 11.7 Å². The zero-order chi connectivity index (χ0) is 26.6. The monoisotopic (exact) mass is 515 g/mol. The molecule has 5 heterocycles. The van der Waals surface area contributed by atoms with Crippen LogP contribution in [0.2, 0.25) is 0 Å². The number of benzene rings is 1. The van der Waals surface area contributed by atoms with Crippen LogP contribution < -0.4 is 15.4 Å². The second kappa shape index (κ2) is 9.69. The van der Waals surface area contributed by atoms with Crippen molar-refractivity contribution in [2.45, 2.75) is 64.8 Å². The fraction of sp³-hybridized carbons (Fsp3) is 0.517. The third kappa shape index (κ3) is 4.32. The minimum atomic E-state index is -0.0646. The largest absolute Gasteiger partial charge is 0.371 e. The van der Waals surface area contributed by atoms with Crippen molar-refractivity contribution in [3.05, 3.63) is 52.7 Å². The molecule has 0 N–H and O–H groups in total. The van der Waals surface area contributed by atoms with E-state index in [9.17, 15) is 4.79 Å². The van der Waals surface area contributed by atoms with Crippen LogP contribution in [0.1, 0.15) is 51.5 Å². The van der Waals surface area contributed by atoms with Gasteiger partial charge in [-0.25, -0.2) is 9.67 Å². The Labute approximate surface area is 223 Å². The summed E-state index contributed by atoms with van der Waals surface area (Å²) in [5.74, 6) is 0.373. The predicted molar refractivity (Wildman–Crippen MR) is 151 cm³/mol. The lowest BCUT2D eigenvalue weighted by Crippen LogP contribution is -2.53. The van der Waals surface area contributed by atoms with Crippen molar-refractivity contribution in [1.82, 2.24) is 24.3 Å². The number of hydrogen-bond donors (Lipinski definition) is 0. The maximum Gasteiger partial charge on any atom is 0.252 e. The highest BCUT2D eigenvalue weighted by Crippen LogP contribution is 2.35. The maximum absolute atomic E-state index is 13.0. The number of anilines is 2. The van der Waals surface area contributed by atoms with E-state index in [1.54, 1.807) is 10.6 Å². The van der Waals surface area contributed by atoms with Crippen LogP contribution >= 0.6 is 0 Å². The first-order chi connectivity index (χ1) is 18.3. The number of fused-ring (bicyclic) bond motifs is 2. The summed E-state index contributed by atoms with van der Waals surface area (Å²) < 4.78 is 9.61. The second-order valence-electron chi connectivity index (χ2n) is 11.2. The molecular formula is C29H37N7O2. The van der Waals surface area contributed by atoms with Crippen molar-refractivity contribution < 1.29 is 4.74 Å². The van der Waals surface area contributed by atoms with Gasteiger partial charge < -0.3 is 19.1 Å². The Balaban J connectivity index is 1.29. The fourth-order valence-corrected chi connectivity index (χ4v) is 6.21. The van der Waals surface area contributed by atoms with E-state index in [0.29, 0.717) is 12.0 Å². The number of nitrogens with zero attached hydrogens (tertiary/aromatic N) is 7. The molecule has 2 saturated heterocycles. The Morgan fingerprint density at radius 3 is 2.76 bits per heavy atom. The average molecular weight is 516 g/mol. The van der Waals surface area contributed by atoms with Gasteiger partial charge in [0.2, 0.25) is 0 Å². The minimum absolute atomic E-state index is 0.0109. The summed E-state index contributed by atoms with van der Waals surface area (Å²) in [6, 6.07) is 8.70. The predicted octanol–water partition coefficient (Wildman–Crippen LogP) is 4.43. The lowest BCUT2D eigenvalue weighted by atomic mass is 9.87. The Bertz CT molecular complexity index is 1540. The van der Waals surface area contributed by atoms with Crippen LogP contribution in [0, 0.1) is 12.8 Å². The highest BCUT2D eigenvalue weighted by molar-refractivity contribution is 5.88. The molecule has 3 aromatic heterocycles. The summed E-state index contributed by atoms with van der Waals surface area (Å²) in [5.41, 5.74) is 6.55. The highest BCUT2D eigenvalue weighted by Gasteiger charge is 2.35. The van der Waals surface area contributed by atoms with Crippen molar-refractivity contribution in [1.29, 1.82) is 0 Å². The molecule has 2 aliphatic rings. The minimum Gasteiger partial charge on any atom is -0.371 e. The SMILES string of the molecule is Cc1cnc2ccc(N(C)C3CC(C)N(c4cc(=O)n(C)c5cn(C6CCCCO6)nc45)CC3C)cc2n1. The van der Waals surface area contributed by atoms with Gasteiger partial charge >= 0.3 is 0 Å². The van der Waals surface area contributed by atoms with Crippen LogP contribution in [0.5, 0.6) is 0 Å². The molecule has 6 rings (SSSR count). The molecule has 9 heteroatoms. The molecule has 200 valence electrons. The van der Waals surface area contributed by atoms with Crippen molar-refractivity contribution in [2.75, 3.05) is 30.0 Å². The molecule has 9 nitrogen and oxygen atoms in total. The molecular weight excluding hydrogens is 478 g/mol. The van der Waals surface area contributed by atoms with E-state index in [4.69, 9.17) is 9.84 Å². The van der Waals surface area contributed by atoms with Crippen molar-refractivity contribution in [2.24, 2.45) is 13.0 Å². The smallest absolute Gasteiger partial charge is 0.252 e. The standard InChI is InChI=1S/C29H37N7O2/c1-18-16-35(20(3)12-24(18)33(4)21-9-10-22-23(13-21)31-19(2)15-30-22)25-14-27(37)34(5)26-17-36(32-29(25)26)28-8-6-7-11-38-28/h9-10,13-15,17-18,20,24,28H,6-8,11-12,16H2,1-5H3. The van der Waals surface area contributed by atoms with Crippen molar-refractivity contribution in [3.8, 4) is 0 Å². The molecule has 0 radical (unpaired) electrons. The zero-order valence-electron chi connectivity index (χ0n) is 23.0. The lowest BCUT2D eigenvalue weighted by Gasteiger charge is -2.46. The van der Waals surface area contributed by atoms with Crippen LogP contribution in [0.25, 0.3) is 22.1 Å². The van der Waals surface area contributed by atoms with E-state index in [2.05, 4.69) is 58.9 Å². The van der Waals surface area contributed by atoms with E-state index in [1.165, 1.54) is 0 Å². The van der Waals surface area contributed by atoms with Crippen molar-refractivity contribution >= 4 is 33.4 Å². The fourth-order valence-electron chi connectivity index (χ4n) is 6.21. The topological polar surface area (TPSA) is 81.3 Å². The first-order valence-corrected chi connectivity index (χ1v) is 13.7. The zero-order valence-corrected chi connectivity index (χ0v) is 23.0. The first-order valence-electron chi connectivity index (χ1n) is 13.7. The molecule has 38 heavy (non-hydrogen) atoms. The molecule has 0 amide bonds. The quantitative estimate of drug-likeness (QED) is 0.398. The molecule has 1 aromatic carbocycles. The molecule has 0 aliphatic carbocycles. The molecule has 0 saturated carbocycles. The highest BCUT2D eigenvalue weighted by atomic mass is 16.5. The van der Waals surface area contributed by atoms with E-state index in [0.717, 1.165) is 78.0 Å². The van der Waals surface area contributed by atoms with Crippen LogP contribution in [0.4, 0.5) is 11.4 Å². The summed E-state index contributed by atoms with van der Waals surface area (Å²) in [6.07, 6.45) is 7.86. The van der Waals surface area contributed by atoms with Gasteiger partial charge in [0.15, 0.2) is 0 Å². The molecule has 4 aromatic rings. The Hall–Kier alpha value is -3.46. The number of rotatable bonds is 4. The van der Waals surface area contributed by atoms with Gasteiger partial charge in [0.05, 0.1) is 34.1 Å². The van der Waals surface area contributed by atoms with Gasteiger partial charge in [-0.1, -0.05) is 6.92 Å². The lowest BCUT2D eigenvalue weighted by molar-refractivity contribution is -0.0390. The number of piperidine rings is 1. The van der Waals surface area contributed by atoms with Crippen LogP contribution in [0.3, 0.4) is 0 Å². The molecule has 2 aliphatic heterocycles.